The summed E-state index contributed by atoms with van der Waals surface area (Å²) in [6.45, 7) is 8.83. The molecule has 112 valence electrons. The SMILES string of the molecule is CCC.CCCCCCCCCC(CC)N(C)C. The smallest absolute Gasteiger partial charge is 0.00865 e. The molecule has 1 unspecified atom stereocenters. The zero-order valence-corrected chi connectivity index (χ0v) is 14.1. The molecule has 0 aromatic carbocycles. The van der Waals surface area contributed by atoms with E-state index in [2.05, 4.69) is 46.7 Å². The van der Waals surface area contributed by atoms with E-state index in [1.165, 1.54) is 64.2 Å². The molecule has 0 aliphatic heterocycles. The van der Waals surface area contributed by atoms with Crippen molar-refractivity contribution < 1.29 is 0 Å². The predicted molar refractivity (Wildman–Crippen MR) is 86.3 cm³/mol. The third kappa shape index (κ3) is 16.0. The quantitative estimate of drug-likeness (QED) is 0.441. The summed E-state index contributed by atoms with van der Waals surface area (Å²) in [5.41, 5.74) is 0. The molecule has 0 aliphatic rings. The molecule has 0 aliphatic carbocycles. The number of hydrogen-bond donors (Lipinski definition) is 0. The minimum Gasteiger partial charge on any atom is -0.306 e. The molecule has 0 fully saturated rings. The van der Waals surface area contributed by atoms with Crippen molar-refractivity contribution in [3.8, 4) is 0 Å². The Morgan fingerprint density at radius 3 is 1.56 bits per heavy atom. The molecule has 18 heavy (non-hydrogen) atoms. The molecule has 0 amide bonds. The number of rotatable bonds is 10. The van der Waals surface area contributed by atoms with Crippen LogP contribution in [0.15, 0.2) is 0 Å². The third-order valence-corrected chi connectivity index (χ3v) is 3.34. The fourth-order valence-electron chi connectivity index (χ4n) is 2.16. The topological polar surface area (TPSA) is 3.24 Å². The zero-order chi connectivity index (χ0) is 14.2. The monoisotopic (exact) mass is 257 g/mol. The Balaban J connectivity index is 0. The molecule has 0 spiro atoms. The van der Waals surface area contributed by atoms with Gasteiger partial charge in [0, 0.05) is 6.04 Å². The van der Waals surface area contributed by atoms with Crippen LogP contribution in [0.2, 0.25) is 0 Å². The van der Waals surface area contributed by atoms with Gasteiger partial charge in [-0.25, -0.2) is 0 Å². The molecule has 0 heterocycles. The van der Waals surface area contributed by atoms with Gasteiger partial charge < -0.3 is 4.90 Å². The Kier molecular flexibility index (Phi) is 19.1. The first-order chi connectivity index (χ1) is 8.63. The summed E-state index contributed by atoms with van der Waals surface area (Å²) < 4.78 is 0. The number of hydrogen-bond acceptors (Lipinski definition) is 1. The summed E-state index contributed by atoms with van der Waals surface area (Å²) in [7, 11) is 4.41. The van der Waals surface area contributed by atoms with Crippen LogP contribution in [0, 0.1) is 0 Å². The van der Waals surface area contributed by atoms with E-state index < -0.39 is 0 Å². The van der Waals surface area contributed by atoms with Crippen molar-refractivity contribution in [2.75, 3.05) is 14.1 Å². The summed E-state index contributed by atoms with van der Waals surface area (Å²) in [5, 5.41) is 0. The van der Waals surface area contributed by atoms with Crippen LogP contribution in [0.3, 0.4) is 0 Å². The third-order valence-electron chi connectivity index (χ3n) is 3.34. The van der Waals surface area contributed by atoms with Gasteiger partial charge in [-0.2, -0.15) is 0 Å². The molecular formula is C17H39N. The maximum absolute atomic E-state index is 2.37. The van der Waals surface area contributed by atoms with Crippen LogP contribution in [0.5, 0.6) is 0 Å². The summed E-state index contributed by atoms with van der Waals surface area (Å²) in [6, 6.07) is 0.806. The molecule has 0 saturated carbocycles. The molecule has 0 aromatic rings. The second-order valence-electron chi connectivity index (χ2n) is 5.64. The van der Waals surface area contributed by atoms with Crippen molar-refractivity contribution in [3.05, 3.63) is 0 Å². The second-order valence-corrected chi connectivity index (χ2v) is 5.64. The van der Waals surface area contributed by atoms with Crippen LogP contribution in [0.25, 0.3) is 0 Å². The number of nitrogens with zero attached hydrogens (tertiary/aromatic N) is 1. The van der Waals surface area contributed by atoms with E-state index in [-0.39, 0.29) is 0 Å². The fraction of sp³-hybridized carbons (Fsp3) is 1.00. The van der Waals surface area contributed by atoms with Gasteiger partial charge in [0.2, 0.25) is 0 Å². The van der Waals surface area contributed by atoms with Gasteiger partial charge in [-0.05, 0) is 26.9 Å². The van der Waals surface area contributed by atoms with Gasteiger partial charge in [-0.1, -0.05) is 79.1 Å². The average molecular weight is 258 g/mol. The largest absolute Gasteiger partial charge is 0.306 e. The summed E-state index contributed by atoms with van der Waals surface area (Å²) in [6.07, 6.45) is 13.9. The zero-order valence-electron chi connectivity index (χ0n) is 14.1. The lowest BCUT2D eigenvalue weighted by molar-refractivity contribution is 0.264. The van der Waals surface area contributed by atoms with Crippen LogP contribution in [0.1, 0.15) is 91.9 Å². The van der Waals surface area contributed by atoms with Gasteiger partial charge in [0.05, 0.1) is 0 Å². The summed E-state index contributed by atoms with van der Waals surface area (Å²) >= 11 is 0. The molecule has 1 atom stereocenters. The first-order valence-electron chi connectivity index (χ1n) is 8.30. The highest BCUT2D eigenvalue weighted by Gasteiger charge is 2.07. The van der Waals surface area contributed by atoms with E-state index in [9.17, 15) is 0 Å². The van der Waals surface area contributed by atoms with E-state index in [0.717, 1.165) is 6.04 Å². The Morgan fingerprint density at radius 2 is 1.17 bits per heavy atom. The maximum Gasteiger partial charge on any atom is 0.00865 e. The van der Waals surface area contributed by atoms with E-state index in [1.54, 1.807) is 0 Å². The van der Waals surface area contributed by atoms with E-state index in [1.807, 2.05) is 0 Å². The van der Waals surface area contributed by atoms with Crippen molar-refractivity contribution in [1.82, 2.24) is 4.90 Å². The standard InChI is InChI=1S/C14H31N.C3H8/c1-5-7-8-9-10-11-12-13-14(6-2)15(3)4;1-3-2/h14H,5-13H2,1-4H3;3H2,1-2H3. The summed E-state index contributed by atoms with van der Waals surface area (Å²) in [4.78, 5) is 2.37. The minimum absolute atomic E-state index is 0.806. The van der Waals surface area contributed by atoms with E-state index in [0.29, 0.717) is 0 Å². The Labute approximate surface area is 117 Å². The maximum atomic E-state index is 2.37. The van der Waals surface area contributed by atoms with Crippen LogP contribution in [0.4, 0.5) is 0 Å². The van der Waals surface area contributed by atoms with Crippen LogP contribution >= 0.6 is 0 Å². The van der Waals surface area contributed by atoms with Gasteiger partial charge >= 0.3 is 0 Å². The van der Waals surface area contributed by atoms with E-state index >= 15 is 0 Å². The van der Waals surface area contributed by atoms with Crippen LogP contribution in [-0.2, 0) is 0 Å². The highest BCUT2D eigenvalue weighted by Crippen LogP contribution is 2.13. The Morgan fingerprint density at radius 1 is 0.722 bits per heavy atom. The first-order valence-corrected chi connectivity index (χ1v) is 8.30. The van der Waals surface area contributed by atoms with Crippen molar-refractivity contribution in [2.24, 2.45) is 0 Å². The first kappa shape index (κ1) is 20.3. The molecule has 0 saturated heterocycles. The highest BCUT2D eigenvalue weighted by atomic mass is 15.1. The molecule has 0 radical (unpaired) electrons. The van der Waals surface area contributed by atoms with Crippen molar-refractivity contribution >= 4 is 0 Å². The predicted octanol–water partition coefficient (Wildman–Crippen LogP) is 5.88. The van der Waals surface area contributed by atoms with Crippen molar-refractivity contribution in [1.29, 1.82) is 0 Å². The molecule has 0 rings (SSSR count). The lowest BCUT2D eigenvalue weighted by Gasteiger charge is -2.22. The number of unbranched alkanes of at least 4 members (excludes halogenated alkanes) is 6. The molecular weight excluding hydrogens is 218 g/mol. The van der Waals surface area contributed by atoms with Gasteiger partial charge in [0.1, 0.15) is 0 Å². The van der Waals surface area contributed by atoms with Crippen molar-refractivity contribution in [3.63, 3.8) is 0 Å². The van der Waals surface area contributed by atoms with Gasteiger partial charge in [0.15, 0.2) is 0 Å². The lowest BCUT2D eigenvalue weighted by atomic mass is 10.0. The van der Waals surface area contributed by atoms with E-state index in [4.69, 9.17) is 0 Å². The van der Waals surface area contributed by atoms with Crippen molar-refractivity contribution in [2.45, 2.75) is 97.9 Å². The minimum atomic E-state index is 0.806. The second kappa shape index (κ2) is 17.0. The highest BCUT2D eigenvalue weighted by molar-refractivity contribution is 4.63. The summed E-state index contributed by atoms with van der Waals surface area (Å²) in [5.74, 6) is 0. The van der Waals surface area contributed by atoms with Crippen LogP contribution < -0.4 is 0 Å². The molecule has 0 bridgehead atoms. The Hall–Kier alpha value is -0.0400. The Bertz CT molecular complexity index is 132. The molecule has 1 heteroatoms. The van der Waals surface area contributed by atoms with Gasteiger partial charge in [-0.3, -0.25) is 0 Å². The molecule has 0 N–H and O–H groups in total. The normalized spacial score (nSPS) is 12.2. The van der Waals surface area contributed by atoms with Gasteiger partial charge in [0.25, 0.3) is 0 Å². The van der Waals surface area contributed by atoms with Gasteiger partial charge in [-0.15, -0.1) is 0 Å². The molecule has 1 nitrogen and oxygen atoms in total. The van der Waals surface area contributed by atoms with Crippen LogP contribution in [-0.4, -0.2) is 25.0 Å². The average Bonchev–Trinajstić information content (AvgIpc) is 2.33. The fourth-order valence-corrected chi connectivity index (χ4v) is 2.16. The molecule has 0 aromatic heterocycles. The lowest BCUT2D eigenvalue weighted by Crippen LogP contribution is -2.26.